The van der Waals surface area contributed by atoms with Crippen molar-refractivity contribution >= 4 is 27.4 Å². The number of nitrogens with one attached hydrogen (secondary N) is 3. The molecule has 13 heavy (non-hydrogen) atoms. The van der Waals surface area contributed by atoms with E-state index < -0.39 is 10.0 Å². The predicted molar refractivity (Wildman–Crippen MR) is 57.1 cm³/mol. The molecule has 0 heterocycles. The van der Waals surface area contributed by atoms with Crippen LogP contribution in [0.3, 0.4) is 0 Å². The fraction of sp³-hybridized carbons (Fsp3) is 0.833. The number of rotatable bonds is 5. The predicted octanol–water partition coefficient (Wildman–Crippen LogP) is -0.980. The van der Waals surface area contributed by atoms with Crippen molar-refractivity contribution in [1.29, 1.82) is 0 Å². The van der Waals surface area contributed by atoms with Gasteiger partial charge in [-0.1, -0.05) is 0 Å². The molecule has 0 fully saturated rings. The average molecular weight is 225 g/mol. The maximum Gasteiger partial charge on any atom is 0.208 e. The van der Waals surface area contributed by atoms with Gasteiger partial charge in [0.1, 0.15) is 0 Å². The van der Waals surface area contributed by atoms with Crippen molar-refractivity contribution in [3.8, 4) is 0 Å². The quantitative estimate of drug-likeness (QED) is 0.414. The Morgan fingerprint density at radius 2 is 1.92 bits per heavy atom. The van der Waals surface area contributed by atoms with Crippen LogP contribution in [0, 0.1) is 0 Å². The van der Waals surface area contributed by atoms with Crippen molar-refractivity contribution in [3.63, 3.8) is 0 Å². The standard InChI is InChI=1S/C6H15N3O2S2/c1-3-7-6(12)8-4-5-9-13(2,10)11/h9H,3-5H2,1-2H3,(H2,7,8,12). The largest absolute Gasteiger partial charge is 0.363 e. The van der Waals surface area contributed by atoms with Gasteiger partial charge in [-0.2, -0.15) is 0 Å². The summed E-state index contributed by atoms with van der Waals surface area (Å²) in [5.74, 6) is 0. The van der Waals surface area contributed by atoms with Crippen molar-refractivity contribution in [3.05, 3.63) is 0 Å². The van der Waals surface area contributed by atoms with E-state index in [9.17, 15) is 8.42 Å². The Morgan fingerprint density at radius 1 is 1.31 bits per heavy atom. The molecule has 0 aromatic rings. The van der Waals surface area contributed by atoms with Crippen molar-refractivity contribution in [2.24, 2.45) is 0 Å². The molecule has 0 aliphatic heterocycles. The molecule has 0 aliphatic carbocycles. The van der Waals surface area contributed by atoms with Crippen molar-refractivity contribution in [2.45, 2.75) is 6.92 Å². The van der Waals surface area contributed by atoms with E-state index in [2.05, 4.69) is 15.4 Å². The first-order valence-electron chi connectivity index (χ1n) is 3.92. The highest BCUT2D eigenvalue weighted by Gasteiger charge is 1.98. The molecule has 0 aromatic carbocycles. The Bertz CT molecular complexity index is 251. The van der Waals surface area contributed by atoms with E-state index >= 15 is 0 Å². The van der Waals surface area contributed by atoms with Crippen LogP contribution in [-0.2, 0) is 10.0 Å². The third-order valence-corrected chi connectivity index (χ3v) is 2.13. The molecule has 0 unspecified atom stereocenters. The first kappa shape index (κ1) is 12.6. The summed E-state index contributed by atoms with van der Waals surface area (Å²) < 4.78 is 23.6. The third kappa shape index (κ3) is 9.51. The lowest BCUT2D eigenvalue weighted by molar-refractivity contribution is 0.587. The van der Waals surface area contributed by atoms with Crippen LogP contribution >= 0.6 is 12.2 Å². The molecule has 0 saturated heterocycles. The minimum Gasteiger partial charge on any atom is -0.363 e. The minimum absolute atomic E-state index is 0.338. The van der Waals surface area contributed by atoms with Gasteiger partial charge >= 0.3 is 0 Å². The fourth-order valence-electron chi connectivity index (χ4n) is 0.636. The molecule has 5 nitrogen and oxygen atoms in total. The Hall–Kier alpha value is -0.400. The van der Waals surface area contributed by atoms with Gasteiger partial charge < -0.3 is 10.6 Å². The lowest BCUT2D eigenvalue weighted by Crippen LogP contribution is -2.39. The van der Waals surface area contributed by atoms with Gasteiger partial charge in [-0.05, 0) is 19.1 Å². The Balaban J connectivity index is 3.41. The Labute approximate surface area is 84.3 Å². The van der Waals surface area contributed by atoms with Crippen LogP contribution in [-0.4, -0.2) is 39.4 Å². The zero-order valence-corrected chi connectivity index (χ0v) is 9.39. The second-order valence-corrected chi connectivity index (χ2v) is 4.69. The molecule has 7 heteroatoms. The van der Waals surface area contributed by atoms with Gasteiger partial charge in [0.25, 0.3) is 0 Å². The first-order chi connectivity index (χ1) is 5.95. The zero-order valence-electron chi connectivity index (χ0n) is 7.75. The minimum atomic E-state index is -3.09. The lowest BCUT2D eigenvalue weighted by Gasteiger charge is -2.08. The summed E-state index contributed by atoms with van der Waals surface area (Å²) in [6.45, 7) is 3.51. The van der Waals surface area contributed by atoms with Crippen molar-refractivity contribution in [2.75, 3.05) is 25.9 Å². The average Bonchev–Trinajstić information content (AvgIpc) is 1.97. The van der Waals surface area contributed by atoms with E-state index in [1.54, 1.807) is 0 Å². The summed E-state index contributed by atoms with van der Waals surface area (Å²) in [5, 5.41) is 6.28. The van der Waals surface area contributed by atoms with Gasteiger partial charge in [-0.25, -0.2) is 13.1 Å². The van der Waals surface area contributed by atoms with E-state index in [0.29, 0.717) is 18.2 Å². The Morgan fingerprint density at radius 3 is 2.38 bits per heavy atom. The molecule has 0 saturated carbocycles. The highest BCUT2D eigenvalue weighted by molar-refractivity contribution is 7.88. The molecule has 78 valence electrons. The van der Waals surface area contributed by atoms with E-state index in [1.807, 2.05) is 6.92 Å². The van der Waals surface area contributed by atoms with Gasteiger partial charge in [0.05, 0.1) is 6.26 Å². The molecule has 0 radical (unpaired) electrons. The van der Waals surface area contributed by atoms with Gasteiger partial charge in [0.15, 0.2) is 5.11 Å². The summed E-state index contributed by atoms with van der Waals surface area (Å²) in [7, 11) is -3.09. The summed E-state index contributed by atoms with van der Waals surface area (Å²) in [6, 6.07) is 0. The highest BCUT2D eigenvalue weighted by Crippen LogP contribution is 1.71. The zero-order chi connectivity index (χ0) is 10.3. The molecular formula is C6H15N3O2S2. The van der Waals surface area contributed by atoms with Crippen LogP contribution in [0.2, 0.25) is 0 Å². The maximum absolute atomic E-state index is 10.6. The highest BCUT2D eigenvalue weighted by atomic mass is 32.2. The smallest absolute Gasteiger partial charge is 0.208 e. The summed E-state index contributed by atoms with van der Waals surface area (Å²) in [4.78, 5) is 0. The molecular weight excluding hydrogens is 210 g/mol. The fourth-order valence-corrected chi connectivity index (χ4v) is 1.35. The number of hydrogen-bond donors (Lipinski definition) is 3. The van der Waals surface area contributed by atoms with Crippen molar-refractivity contribution < 1.29 is 8.42 Å². The third-order valence-electron chi connectivity index (χ3n) is 1.11. The second kappa shape index (κ2) is 6.11. The van der Waals surface area contributed by atoms with Gasteiger partial charge in [0.2, 0.25) is 10.0 Å². The first-order valence-corrected chi connectivity index (χ1v) is 6.22. The van der Waals surface area contributed by atoms with Crippen LogP contribution in [0.25, 0.3) is 0 Å². The van der Waals surface area contributed by atoms with E-state index in [0.717, 1.165) is 12.8 Å². The van der Waals surface area contributed by atoms with Crippen molar-refractivity contribution in [1.82, 2.24) is 15.4 Å². The van der Waals surface area contributed by atoms with E-state index in [-0.39, 0.29) is 0 Å². The van der Waals surface area contributed by atoms with E-state index in [4.69, 9.17) is 12.2 Å². The van der Waals surface area contributed by atoms with Crippen LogP contribution < -0.4 is 15.4 Å². The van der Waals surface area contributed by atoms with Crippen LogP contribution in [0.1, 0.15) is 6.92 Å². The molecule has 3 N–H and O–H groups in total. The topological polar surface area (TPSA) is 70.2 Å². The number of thiocarbonyl (C=S) groups is 1. The SMILES string of the molecule is CCNC(=S)NCCNS(C)(=O)=O. The number of hydrogen-bond acceptors (Lipinski definition) is 3. The van der Waals surface area contributed by atoms with E-state index in [1.165, 1.54) is 0 Å². The van der Waals surface area contributed by atoms with Crippen LogP contribution in [0.4, 0.5) is 0 Å². The maximum atomic E-state index is 10.6. The Kier molecular flexibility index (Phi) is 5.93. The van der Waals surface area contributed by atoms with Gasteiger partial charge in [-0.15, -0.1) is 0 Å². The lowest BCUT2D eigenvalue weighted by atomic mass is 10.6. The monoisotopic (exact) mass is 225 g/mol. The molecule has 0 rings (SSSR count). The van der Waals surface area contributed by atoms with Gasteiger partial charge in [0, 0.05) is 19.6 Å². The molecule has 0 aromatic heterocycles. The molecule has 0 spiro atoms. The number of sulfonamides is 1. The van der Waals surface area contributed by atoms with Gasteiger partial charge in [-0.3, -0.25) is 0 Å². The van der Waals surface area contributed by atoms with Crippen LogP contribution in [0.5, 0.6) is 0 Å². The normalized spacial score (nSPS) is 10.9. The molecule has 0 aliphatic rings. The second-order valence-electron chi connectivity index (χ2n) is 2.45. The molecule has 0 bridgehead atoms. The molecule has 0 atom stereocenters. The van der Waals surface area contributed by atoms with Crippen LogP contribution in [0.15, 0.2) is 0 Å². The summed E-state index contributed by atoms with van der Waals surface area (Å²) in [5.41, 5.74) is 0. The summed E-state index contributed by atoms with van der Waals surface area (Å²) in [6.07, 6.45) is 1.12. The summed E-state index contributed by atoms with van der Waals surface area (Å²) >= 11 is 4.86. The molecule has 0 amide bonds.